The van der Waals surface area contributed by atoms with Gasteiger partial charge >= 0.3 is 5.97 Å². The molecule has 2 aliphatic rings. The Morgan fingerprint density at radius 3 is 2.67 bits per heavy atom. The number of amides is 1. The third-order valence-corrected chi connectivity index (χ3v) is 4.91. The molecule has 6 nitrogen and oxygen atoms in total. The average molecular weight is 450 g/mol. The van der Waals surface area contributed by atoms with Crippen molar-refractivity contribution in [2.45, 2.75) is 26.2 Å². The highest BCUT2D eigenvalue weighted by Crippen LogP contribution is 2.35. The van der Waals surface area contributed by atoms with Gasteiger partial charge in [0, 0.05) is 18.2 Å². The van der Waals surface area contributed by atoms with Crippen LogP contribution in [0.4, 0.5) is 0 Å². The summed E-state index contributed by atoms with van der Waals surface area (Å²) in [5.41, 5.74) is 1.51. The molecule has 0 N–H and O–H groups in total. The van der Waals surface area contributed by atoms with Crippen molar-refractivity contribution in [1.29, 1.82) is 0 Å². The number of esters is 1. The van der Waals surface area contributed by atoms with Crippen LogP contribution in [0, 0.1) is 0 Å². The van der Waals surface area contributed by atoms with Gasteiger partial charge in [-0.3, -0.25) is 9.69 Å². The molecule has 0 bridgehead atoms. The number of hydrogen-bond acceptors (Lipinski definition) is 5. The number of allylic oxidation sites excluding steroid dienone is 4. The molecule has 0 radical (unpaired) electrons. The molecular formula is C22H21Cl2NO5. The summed E-state index contributed by atoms with van der Waals surface area (Å²) in [5.74, 6) is -0.0808. The second-order valence-electron chi connectivity index (χ2n) is 6.54. The third kappa shape index (κ3) is 5.68. The van der Waals surface area contributed by atoms with E-state index in [4.69, 9.17) is 37.4 Å². The van der Waals surface area contributed by atoms with E-state index >= 15 is 0 Å². The molecule has 1 aromatic rings. The molecule has 0 fully saturated rings. The highest BCUT2D eigenvalue weighted by molar-refractivity contribution is 6.37. The molecule has 1 aliphatic carbocycles. The van der Waals surface area contributed by atoms with Crippen molar-refractivity contribution in [2.75, 3.05) is 13.2 Å². The van der Waals surface area contributed by atoms with Crippen LogP contribution in [0.25, 0.3) is 0 Å². The Hall–Kier alpha value is -2.70. The Labute approximate surface area is 185 Å². The fourth-order valence-corrected chi connectivity index (χ4v) is 3.55. The number of hydrogen-bond donors (Lipinski definition) is 0. The van der Waals surface area contributed by atoms with Crippen LogP contribution >= 0.6 is 23.2 Å². The molecule has 8 heteroatoms. The first-order valence-electron chi connectivity index (χ1n) is 9.46. The normalized spacial score (nSPS) is 15.2. The summed E-state index contributed by atoms with van der Waals surface area (Å²) in [7, 11) is 0. The van der Waals surface area contributed by atoms with Crippen molar-refractivity contribution in [3.63, 3.8) is 0 Å². The van der Waals surface area contributed by atoms with E-state index in [-0.39, 0.29) is 40.5 Å². The predicted molar refractivity (Wildman–Crippen MR) is 114 cm³/mol. The first kappa shape index (κ1) is 22.0. The Kier molecular flexibility index (Phi) is 7.60. The Balaban J connectivity index is 1.71. The molecule has 0 aromatic heterocycles. The minimum Gasteiger partial charge on any atom is -0.479 e. The molecular weight excluding hydrogens is 429 g/mol. The van der Waals surface area contributed by atoms with Crippen molar-refractivity contribution in [3.8, 4) is 5.75 Å². The zero-order valence-corrected chi connectivity index (χ0v) is 17.9. The molecule has 1 amide bonds. The lowest BCUT2D eigenvalue weighted by molar-refractivity contribution is -0.145. The van der Waals surface area contributed by atoms with Gasteiger partial charge in [-0.25, -0.2) is 4.79 Å². The van der Waals surface area contributed by atoms with Crippen molar-refractivity contribution in [3.05, 3.63) is 76.0 Å². The summed E-state index contributed by atoms with van der Waals surface area (Å²) in [5, 5.41) is 0.242. The zero-order valence-electron chi connectivity index (χ0n) is 16.4. The average Bonchev–Trinajstić information content (AvgIpc) is 2.73. The molecule has 0 spiro atoms. The monoisotopic (exact) mass is 449 g/mol. The Morgan fingerprint density at radius 1 is 1.23 bits per heavy atom. The topological polar surface area (TPSA) is 65.1 Å². The summed E-state index contributed by atoms with van der Waals surface area (Å²) in [4.78, 5) is 25.8. The molecule has 0 unspecified atom stereocenters. The maximum Gasteiger partial charge on any atom is 0.344 e. The summed E-state index contributed by atoms with van der Waals surface area (Å²) >= 11 is 12.5. The zero-order chi connectivity index (χ0) is 21.5. The maximum atomic E-state index is 12.9. The molecule has 1 aromatic carbocycles. The molecule has 3 rings (SSSR count). The Bertz CT molecular complexity index is 926. The number of rotatable bonds is 7. The smallest absolute Gasteiger partial charge is 0.344 e. The van der Waals surface area contributed by atoms with Crippen LogP contribution < -0.4 is 4.74 Å². The second kappa shape index (κ2) is 10.4. The second-order valence-corrected chi connectivity index (χ2v) is 7.36. The summed E-state index contributed by atoms with van der Waals surface area (Å²) in [6.45, 7) is 1.61. The van der Waals surface area contributed by atoms with Gasteiger partial charge in [-0.15, -0.1) is 0 Å². The minimum atomic E-state index is -0.538. The van der Waals surface area contributed by atoms with Crippen LogP contribution in [0.5, 0.6) is 5.75 Å². The quantitative estimate of drug-likeness (QED) is 0.522. The fourth-order valence-electron chi connectivity index (χ4n) is 2.95. The summed E-state index contributed by atoms with van der Waals surface area (Å²) in [6.07, 6.45) is 13.4. The molecule has 0 atom stereocenters. The standard InChI is InChI=1S/C22H21Cl2NO5/c1-2-28-20(26)14-30-21-18(23)11-16(12-19(21)24)22(27)25-8-9-29-17(13-25)10-15-6-4-3-5-7-15/h3-4,6,8-9,11-13H,2,5,7,10,14H2,1H3. The van der Waals surface area contributed by atoms with Crippen LogP contribution in [-0.2, 0) is 14.3 Å². The highest BCUT2D eigenvalue weighted by atomic mass is 35.5. The lowest BCUT2D eigenvalue weighted by Crippen LogP contribution is -2.23. The number of carbonyl (C=O) groups excluding carboxylic acids is 2. The third-order valence-electron chi connectivity index (χ3n) is 4.34. The number of halogens is 2. The van der Waals surface area contributed by atoms with Gasteiger partial charge in [0.15, 0.2) is 12.4 Å². The molecule has 0 saturated carbocycles. The maximum absolute atomic E-state index is 12.9. The van der Waals surface area contributed by atoms with E-state index in [9.17, 15) is 9.59 Å². The van der Waals surface area contributed by atoms with Crippen LogP contribution in [0.2, 0.25) is 10.0 Å². The van der Waals surface area contributed by atoms with Gasteiger partial charge in [0.1, 0.15) is 12.0 Å². The van der Waals surface area contributed by atoms with Crippen molar-refractivity contribution >= 4 is 35.1 Å². The lowest BCUT2D eigenvalue weighted by Gasteiger charge is -2.21. The van der Waals surface area contributed by atoms with Gasteiger partial charge in [-0.05, 0) is 31.9 Å². The van der Waals surface area contributed by atoms with E-state index in [2.05, 4.69) is 12.2 Å². The fraction of sp³-hybridized carbons (Fsp3) is 0.273. The molecule has 0 saturated heterocycles. The van der Waals surface area contributed by atoms with E-state index in [1.165, 1.54) is 35.1 Å². The van der Waals surface area contributed by atoms with Crippen LogP contribution in [-0.4, -0.2) is 30.0 Å². The SMILES string of the molecule is CCOC(=O)COc1c(Cl)cc(C(=O)N2C=COC(CC3=CC=CCC3)=C2)cc1Cl. The van der Waals surface area contributed by atoms with E-state index in [1.54, 1.807) is 13.1 Å². The number of carbonyl (C=O) groups is 2. The van der Waals surface area contributed by atoms with Crippen LogP contribution in [0.15, 0.2) is 60.4 Å². The van der Waals surface area contributed by atoms with Gasteiger partial charge < -0.3 is 14.2 Å². The predicted octanol–water partition coefficient (Wildman–Crippen LogP) is 5.39. The van der Waals surface area contributed by atoms with Crippen LogP contribution in [0.3, 0.4) is 0 Å². The minimum absolute atomic E-state index is 0.119. The molecule has 1 aliphatic heterocycles. The van der Waals surface area contributed by atoms with Gasteiger partial charge in [0.05, 0.1) is 22.9 Å². The summed E-state index contributed by atoms with van der Waals surface area (Å²) < 4.78 is 15.7. The summed E-state index contributed by atoms with van der Waals surface area (Å²) in [6, 6.07) is 2.89. The van der Waals surface area contributed by atoms with Crippen molar-refractivity contribution in [1.82, 2.24) is 4.90 Å². The van der Waals surface area contributed by atoms with Crippen LogP contribution in [0.1, 0.15) is 36.5 Å². The van der Waals surface area contributed by atoms with E-state index in [1.807, 2.05) is 6.08 Å². The first-order chi connectivity index (χ1) is 14.5. The van der Waals surface area contributed by atoms with E-state index < -0.39 is 5.97 Å². The Morgan fingerprint density at radius 2 is 2.00 bits per heavy atom. The number of nitrogens with zero attached hydrogens (tertiary/aromatic N) is 1. The largest absolute Gasteiger partial charge is 0.479 e. The van der Waals surface area contributed by atoms with Gasteiger partial charge in [-0.2, -0.15) is 0 Å². The number of ether oxygens (including phenoxy) is 3. The highest BCUT2D eigenvalue weighted by Gasteiger charge is 2.20. The van der Waals surface area contributed by atoms with E-state index in [0.29, 0.717) is 12.2 Å². The van der Waals surface area contributed by atoms with Gasteiger partial charge in [-0.1, -0.05) is 47.0 Å². The van der Waals surface area contributed by atoms with Crippen molar-refractivity contribution < 1.29 is 23.8 Å². The molecule has 30 heavy (non-hydrogen) atoms. The van der Waals surface area contributed by atoms with Gasteiger partial charge in [0.25, 0.3) is 5.91 Å². The number of benzene rings is 1. The van der Waals surface area contributed by atoms with E-state index in [0.717, 1.165) is 12.8 Å². The first-order valence-corrected chi connectivity index (χ1v) is 10.2. The molecule has 1 heterocycles. The van der Waals surface area contributed by atoms with Gasteiger partial charge in [0.2, 0.25) is 0 Å². The lowest BCUT2D eigenvalue weighted by atomic mass is 10.0. The molecule has 158 valence electrons. The van der Waals surface area contributed by atoms with Crippen molar-refractivity contribution in [2.24, 2.45) is 0 Å².